The second-order valence-corrected chi connectivity index (χ2v) is 5.18. The number of phenolic OH excluding ortho intramolecular Hbond substituents is 1. The molecule has 0 bridgehead atoms. The van der Waals surface area contributed by atoms with Gasteiger partial charge in [0.25, 0.3) is 0 Å². The fourth-order valence-electron chi connectivity index (χ4n) is 2.53. The summed E-state index contributed by atoms with van der Waals surface area (Å²) in [7, 11) is 0. The van der Waals surface area contributed by atoms with Crippen LogP contribution in [-0.2, 0) is 0 Å². The molecule has 22 heavy (non-hydrogen) atoms. The number of hydrogen-bond acceptors (Lipinski definition) is 3. The molecule has 0 aromatic heterocycles. The van der Waals surface area contributed by atoms with Crippen molar-refractivity contribution in [2.24, 2.45) is 0 Å². The number of carbonyl (C=O) groups is 1. The van der Waals surface area contributed by atoms with Crippen molar-refractivity contribution in [3.63, 3.8) is 0 Å². The van der Waals surface area contributed by atoms with E-state index >= 15 is 0 Å². The van der Waals surface area contributed by atoms with E-state index in [1.807, 2.05) is 6.07 Å². The molecule has 0 aliphatic carbocycles. The van der Waals surface area contributed by atoms with Gasteiger partial charge in [0.15, 0.2) is 5.78 Å². The molecule has 0 atom stereocenters. The highest BCUT2D eigenvalue weighted by Crippen LogP contribution is 2.33. The third kappa shape index (κ3) is 3.88. The van der Waals surface area contributed by atoms with E-state index in [0.717, 1.165) is 18.4 Å². The summed E-state index contributed by atoms with van der Waals surface area (Å²) >= 11 is 0. The zero-order chi connectivity index (χ0) is 16.7. The Balaban J connectivity index is 3.48. The molecule has 1 aromatic carbocycles. The Kier molecular flexibility index (Phi) is 6.64. The zero-order valence-corrected chi connectivity index (χ0v) is 13.5. The maximum atomic E-state index is 12.8. The molecule has 0 aliphatic rings. The number of benzene rings is 1. The lowest BCUT2D eigenvalue weighted by Gasteiger charge is -2.18. The molecule has 0 aliphatic heterocycles. The van der Waals surface area contributed by atoms with Crippen LogP contribution in [0.25, 0.3) is 0 Å². The van der Waals surface area contributed by atoms with Crippen LogP contribution in [0.4, 0.5) is 0 Å². The van der Waals surface area contributed by atoms with Crippen molar-refractivity contribution in [2.75, 3.05) is 0 Å². The first-order valence-corrected chi connectivity index (χ1v) is 7.53. The number of Topliss-reactive ketones (excluding diaryl/α,β-unsaturated/α-hetero) is 1. The quantitative estimate of drug-likeness (QED) is 0.320. The van der Waals surface area contributed by atoms with Gasteiger partial charge >= 0.3 is 0 Å². The van der Waals surface area contributed by atoms with Gasteiger partial charge in [-0.2, -0.15) is 0 Å². The van der Waals surface area contributed by atoms with Crippen LogP contribution in [-0.4, -0.2) is 16.0 Å². The van der Waals surface area contributed by atoms with Gasteiger partial charge in [-0.3, -0.25) is 4.79 Å². The Bertz CT molecular complexity index is 601. The Hall–Kier alpha value is -2.29. The van der Waals surface area contributed by atoms with Crippen molar-refractivity contribution in [3.8, 4) is 5.75 Å². The molecule has 0 heterocycles. The average molecular weight is 300 g/mol. The highest BCUT2D eigenvalue weighted by Gasteiger charge is 2.23. The molecule has 3 nitrogen and oxygen atoms in total. The molecular weight excluding hydrogens is 276 g/mol. The molecule has 118 valence electrons. The molecule has 0 saturated carbocycles. The summed E-state index contributed by atoms with van der Waals surface area (Å²) in [4.78, 5) is 12.8. The smallest absolute Gasteiger partial charge is 0.200 e. The van der Waals surface area contributed by atoms with Crippen LogP contribution in [0.1, 0.15) is 55.5 Å². The van der Waals surface area contributed by atoms with Gasteiger partial charge in [0.2, 0.25) is 0 Å². The van der Waals surface area contributed by atoms with E-state index in [4.69, 9.17) is 0 Å². The van der Waals surface area contributed by atoms with Crippen molar-refractivity contribution < 1.29 is 15.0 Å². The first kappa shape index (κ1) is 17.8. The maximum Gasteiger partial charge on any atom is 0.200 e. The van der Waals surface area contributed by atoms with Crippen molar-refractivity contribution in [3.05, 3.63) is 65.5 Å². The highest BCUT2D eigenvalue weighted by atomic mass is 16.3. The number of aliphatic hydroxyl groups is 1. The van der Waals surface area contributed by atoms with Crippen LogP contribution in [0.3, 0.4) is 0 Å². The fraction of sp³-hybridized carbons (Fsp3) is 0.316. The van der Waals surface area contributed by atoms with Crippen LogP contribution in [0, 0.1) is 0 Å². The summed E-state index contributed by atoms with van der Waals surface area (Å²) < 4.78 is 0. The van der Waals surface area contributed by atoms with E-state index in [1.54, 1.807) is 12.1 Å². The van der Waals surface area contributed by atoms with Gasteiger partial charge < -0.3 is 10.2 Å². The molecule has 0 spiro atoms. The first-order valence-electron chi connectivity index (χ1n) is 7.53. The van der Waals surface area contributed by atoms with E-state index < -0.39 is 0 Å². The van der Waals surface area contributed by atoms with Gasteiger partial charge in [0.05, 0.1) is 11.1 Å². The number of phenols is 1. The topological polar surface area (TPSA) is 57.5 Å². The summed E-state index contributed by atoms with van der Waals surface area (Å²) in [6.45, 7) is 9.13. The minimum absolute atomic E-state index is 0.0554. The summed E-state index contributed by atoms with van der Waals surface area (Å²) in [5, 5.41) is 20.0. The summed E-state index contributed by atoms with van der Waals surface area (Å²) in [5.41, 5.74) is 1.25. The van der Waals surface area contributed by atoms with Crippen molar-refractivity contribution >= 4 is 5.78 Å². The number of ketones is 1. The Morgan fingerprint density at radius 1 is 1.32 bits per heavy atom. The number of aromatic hydroxyl groups is 1. The van der Waals surface area contributed by atoms with E-state index in [0.29, 0.717) is 0 Å². The molecule has 1 rings (SSSR count). The van der Waals surface area contributed by atoms with E-state index in [-0.39, 0.29) is 34.3 Å². The monoisotopic (exact) mass is 300 g/mol. The predicted octanol–water partition coefficient (Wildman–Crippen LogP) is 5.05. The fourth-order valence-corrected chi connectivity index (χ4v) is 2.53. The van der Waals surface area contributed by atoms with Crippen LogP contribution in [0.5, 0.6) is 5.75 Å². The number of carbonyl (C=O) groups excluding carboxylic acids is 1. The summed E-state index contributed by atoms with van der Waals surface area (Å²) in [6.07, 6.45) is 6.38. The van der Waals surface area contributed by atoms with Gasteiger partial charge in [0.1, 0.15) is 11.5 Å². The Labute approximate surface area is 132 Å². The number of aliphatic hydroxyl groups excluding tert-OH is 1. The number of allylic oxidation sites excluding steroid dienone is 5. The normalized spacial score (nSPS) is 12.5. The summed E-state index contributed by atoms with van der Waals surface area (Å²) in [5.74, 6) is -0.324. The molecular formula is C19H24O3. The van der Waals surface area contributed by atoms with Crippen molar-refractivity contribution in [1.29, 1.82) is 0 Å². The van der Waals surface area contributed by atoms with E-state index in [1.165, 1.54) is 25.1 Å². The molecule has 0 amide bonds. The summed E-state index contributed by atoms with van der Waals surface area (Å²) in [6, 6.07) is 5.11. The standard InChI is InChI=1S/C19H24O3/c1-5-8-10-15(13(4)20)19(22)18-16(14(6-2)7-3)11-9-12-17(18)21/h5,8-12,14,20-21H,1,6-7H2,2-4H3/b10-8-,15-13-. The average Bonchev–Trinajstić information content (AvgIpc) is 2.48. The minimum Gasteiger partial charge on any atom is -0.512 e. The van der Waals surface area contributed by atoms with Crippen molar-refractivity contribution in [1.82, 2.24) is 0 Å². The highest BCUT2D eigenvalue weighted by molar-refractivity contribution is 6.13. The third-order valence-electron chi connectivity index (χ3n) is 3.76. The zero-order valence-electron chi connectivity index (χ0n) is 13.5. The lowest BCUT2D eigenvalue weighted by atomic mass is 9.86. The largest absolute Gasteiger partial charge is 0.512 e. The van der Waals surface area contributed by atoms with Gasteiger partial charge in [-0.15, -0.1) is 0 Å². The van der Waals surface area contributed by atoms with Gasteiger partial charge in [-0.05, 0) is 43.4 Å². The molecule has 0 radical (unpaired) electrons. The van der Waals surface area contributed by atoms with Gasteiger partial charge in [-0.1, -0.05) is 44.7 Å². The van der Waals surface area contributed by atoms with Crippen LogP contribution < -0.4 is 0 Å². The predicted molar refractivity (Wildman–Crippen MR) is 90.4 cm³/mol. The molecule has 0 saturated heterocycles. The third-order valence-corrected chi connectivity index (χ3v) is 3.76. The second kappa shape index (κ2) is 8.23. The van der Waals surface area contributed by atoms with Crippen molar-refractivity contribution in [2.45, 2.75) is 39.5 Å². The maximum absolute atomic E-state index is 12.8. The van der Waals surface area contributed by atoms with E-state index in [9.17, 15) is 15.0 Å². The van der Waals surface area contributed by atoms with E-state index in [2.05, 4.69) is 20.4 Å². The van der Waals surface area contributed by atoms with Gasteiger partial charge in [0, 0.05) is 0 Å². The lowest BCUT2D eigenvalue weighted by Crippen LogP contribution is -2.10. The Morgan fingerprint density at radius 2 is 1.95 bits per heavy atom. The molecule has 0 fully saturated rings. The molecule has 1 aromatic rings. The minimum atomic E-state index is -0.377. The SMILES string of the molecule is C=C/C=C\C(C(=O)c1c(O)cccc1C(CC)CC)=C(/C)O. The van der Waals surface area contributed by atoms with Crippen LogP contribution in [0.2, 0.25) is 0 Å². The number of rotatable bonds is 7. The molecule has 3 heteroatoms. The van der Waals surface area contributed by atoms with Crippen LogP contribution >= 0.6 is 0 Å². The molecule has 2 N–H and O–H groups in total. The number of hydrogen-bond donors (Lipinski definition) is 2. The second-order valence-electron chi connectivity index (χ2n) is 5.18. The Morgan fingerprint density at radius 3 is 2.45 bits per heavy atom. The lowest BCUT2D eigenvalue weighted by molar-refractivity contribution is 0.103. The molecule has 0 unspecified atom stereocenters. The van der Waals surface area contributed by atoms with Crippen LogP contribution in [0.15, 0.2) is 54.3 Å². The van der Waals surface area contributed by atoms with Gasteiger partial charge in [-0.25, -0.2) is 0 Å². The first-order chi connectivity index (χ1) is 10.5.